The molecule has 1 aliphatic rings. The molecule has 1 saturated carbocycles. The van der Waals surface area contributed by atoms with Crippen LogP contribution in [0.5, 0.6) is 11.5 Å². The lowest BCUT2D eigenvalue weighted by Gasteiger charge is -2.13. The molecule has 1 aliphatic carbocycles. The third-order valence-electron chi connectivity index (χ3n) is 4.61. The SMILES string of the molecule is Cc1cc2c(cc1O)oc(=O)c1cc(OC3CCCC3)ccc12. The number of fused-ring (bicyclic) bond motifs is 3. The molecule has 1 heterocycles. The summed E-state index contributed by atoms with van der Waals surface area (Å²) >= 11 is 0. The second kappa shape index (κ2) is 5.30. The van der Waals surface area contributed by atoms with Crippen molar-refractivity contribution in [2.24, 2.45) is 0 Å². The Hall–Kier alpha value is -2.49. The Morgan fingerprint density at radius 3 is 2.65 bits per heavy atom. The van der Waals surface area contributed by atoms with Gasteiger partial charge < -0.3 is 14.3 Å². The Bertz CT molecular complexity index is 949. The molecule has 1 aromatic heterocycles. The second-order valence-electron chi connectivity index (χ2n) is 6.26. The Labute approximate surface area is 133 Å². The molecule has 0 amide bonds. The van der Waals surface area contributed by atoms with Gasteiger partial charge in [-0.1, -0.05) is 0 Å². The van der Waals surface area contributed by atoms with Gasteiger partial charge in [-0.05, 0) is 62.4 Å². The van der Waals surface area contributed by atoms with Gasteiger partial charge in [0, 0.05) is 16.8 Å². The molecule has 0 saturated heterocycles. The van der Waals surface area contributed by atoms with E-state index in [1.165, 1.54) is 18.9 Å². The minimum atomic E-state index is -0.410. The van der Waals surface area contributed by atoms with Crippen molar-refractivity contribution >= 4 is 21.7 Å². The minimum Gasteiger partial charge on any atom is -0.508 e. The van der Waals surface area contributed by atoms with E-state index >= 15 is 0 Å². The number of rotatable bonds is 2. The van der Waals surface area contributed by atoms with E-state index in [4.69, 9.17) is 9.15 Å². The van der Waals surface area contributed by atoms with Crippen LogP contribution in [0.1, 0.15) is 31.2 Å². The lowest BCUT2D eigenvalue weighted by Crippen LogP contribution is -2.11. The molecular formula is C19H18O4. The molecule has 118 valence electrons. The van der Waals surface area contributed by atoms with Crippen molar-refractivity contribution in [3.05, 3.63) is 46.3 Å². The third kappa shape index (κ3) is 2.44. The van der Waals surface area contributed by atoms with Gasteiger partial charge in [-0.3, -0.25) is 0 Å². The summed E-state index contributed by atoms with van der Waals surface area (Å²) in [7, 11) is 0. The fraction of sp³-hybridized carbons (Fsp3) is 0.316. The maximum Gasteiger partial charge on any atom is 0.344 e. The van der Waals surface area contributed by atoms with Crippen LogP contribution < -0.4 is 10.4 Å². The van der Waals surface area contributed by atoms with Crippen molar-refractivity contribution < 1.29 is 14.3 Å². The van der Waals surface area contributed by atoms with Crippen molar-refractivity contribution in [1.82, 2.24) is 0 Å². The molecule has 1 N–H and O–H groups in total. The van der Waals surface area contributed by atoms with Crippen molar-refractivity contribution in [3.8, 4) is 11.5 Å². The van der Waals surface area contributed by atoms with Crippen molar-refractivity contribution in [3.63, 3.8) is 0 Å². The number of hydrogen-bond donors (Lipinski definition) is 1. The number of aromatic hydroxyl groups is 1. The number of hydrogen-bond acceptors (Lipinski definition) is 4. The molecule has 0 spiro atoms. The third-order valence-corrected chi connectivity index (χ3v) is 4.61. The molecule has 23 heavy (non-hydrogen) atoms. The first-order chi connectivity index (χ1) is 11.1. The van der Waals surface area contributed by atoms with Crippen molar-refractivity contribution in [1.29, 1.82) is 0 Å². The summed E-state index contributed by atoms with van der Waals surface area (Å²) in [5.74, 6) is 0.840. The fourth-order valence-electron chi connectivity index (χ4n) is 3.33. The molecular weight excluding hydrogens is 292 g/mol. The summed E-state index contributed by atoms with van der Waals surface area (Å²) in [6, 6.07) is 8.90. The zero-order chi connectivity index (χ0) is 16.0. The first-order valence-electron chi connectivity index (χ1n) is 7.99. The number of ether oxygens (including phenoxy) is 1. The zero-order valence-electron chi connectivity index (χ0n) is 13.0. The summed E-state index contributed by atoms with van der Waals surface area (Å²) in [6.45, 7) is 1.82. The number of benzene rings is 2. The van der Waals surface area contributed by atoms with E-state index in [1.54, 1.807) is 6.07 Å². The van der Waals surface area contributed by atoms with E-state index in [-0.39, 0.29) is 11.9 Å². The van der Waals surface area contributed by atoms with E-state index < -0.39 is 5.63 Å². The maximum absolute atomic E-state index is 12.3. The molecule has 0 bridgehead atoms. The standard InChI is InChI=1S/C19H18O4/c1-11-8-15-14-7-6-13(22-12-4-2-3-5-12)9-16(14)19(21)23-18(15)10-17(11)20/h6-10,12,20H,2-5H2,1H3. The molecule has 0 atom stereocenters. The van der Waals surface area contributed by atoms with Gasteiger partial charge in [0.1, 0.15) is 17.1 Å². The molecule has 3 aromatic rings. The highest BCUT2D eigenvalue weighted by Gasteiger charge is 2.17. The van der Waals surface area contributed by atoms with E-state index in [0.29, 0.717) is 16.7 Å². The predicted molar refractivity (Wildman–Crippen MR) is 89.3 cm³/mol. The summed E-state index contributed by atoms with van der Waals surface area (Å²) in [5, 5.41) is 12.0. The Balaban J connectivity index is 1.88. The van der Waals surface area contributed by atoms with Gasteiger partial charge in [-0.2, -0.15) is 0 Å². The van der Waals surface area contributed by atoms with Crippen LogP contribution >= 0.6 is 0 Å². The van der Waals surface area contributed by atoms with Crippen molar-refractivity contribution in [2.45, 2.75) is 38.7 Å². The van der Waals surface area contributed by atoms with E-state index in [9.17, 15) is 9.90 Å². The summed E-state index contributed by atoms with van der Waals surface area (Å²) in [5.41, 5.74) is 0.738. The van der Waals surface area contributed by atoms with Crippen LogP contribution in [0.2, 0.25) is 0 Å². The van der Waals surface area contributed by atoms with Gasteiger partial charge >= 0.3 is 5.63 Å². The lowest BCUT2D eigenvalue weighted by molar-refractivity contribution is 0.210. The molecule has 4 rings (SSSR count). The van der Waals surface area contributed by atoms with Crippen LogP contribution in [-0.4, -0.2) is 11.2 Å². The Morgan fingerprint density at radius 2 is 1.87 bits per heavy atom. The van der Waals surface area contributed by atoms with Crippen LogP contribution in [0.4, 0.5) is 0 Å². The first-order valence-corrected chi connectivity index (χ1v) is 7.99. The lowest BCUT2D eigenvalue weighted by atomic mass is 10.0. The number of phenolic OH excluding ortho intramolecular Hbond substituents is 1. The average molecular weight is 310 g/mol. The van der Waals surface area contributed by atoms with Crippen LogP contribution in [-0.2, 0) is 0 Å². The quantitative estimate of drug-likeness (QED) is 0.567. The van der Waals surface area contributed by atoms with Crippen molar-refractivity contribution in [2.75, 3.05) is 0 Å². The smallest absolute Gasteiger partial charge is 0.344 e. The maximum atomic E-state index is 12.3. The molecule has 4 nitrogen and oxygen atoms in total. The van der Waals surface area contributed by atoms with Gasteiger partial charge in [-0.25, -0.2) is 4.79 Å². The molecule has 2 aromatic carbocycles. The molecule has 4 heteroatoms. The van der Waals surface area contributed by atoms with Crippen LogP contribution in [0.15, 0.2) is 39.5 Å². The summed E-state index contributed by atoms with van der Waals surface area (Å²) in [4.78, 5) is 12.3. The van der Waals surface area contributed by atoms with Crippen LogP contribution in [0.25, 0.3) is 21.7 Å². The summed E-state index contributed by atoms with van der Waals surface area (Å²) < 4.78 is 11.3. The summed E-state index contributed by atoms with van der Waals surface area (Å²) in [6.07, 6.45) is 4.80. The van der Waals surface area contributed by atoms with Gasteiger partial charge in [-0.15, -0.1) is 0 Å². The molecule has 0 radical (unpaired) electrons. The first kappa shape index (κ1) is 14.1. The number of phenols is 1. The number of aryl methyl sites for hydroxylation is 1. The van der Waals surface area contributed by atoms with Crippen LogP contribution in [0, 0.1) is 6.92 Å². The average Bonchev–Trinajstić information content (AvgIpc) is 3.03. The highest BCUT2D eigenvalue weighted by atomic mass is 16.5. The highest BCUT2D eigenvalue weighted by molar-refractivity contribution is 6.05. The zero-order valence-corrected chi connectivity index (χ0v) is 13.0. The van der Waals surface area contributed by atoms with Crippen LogP contribution in [0.3, 0.4) is 0 Å². The Morgan fingerprint density at radius 1 is 1.09 bits per heavy atom. The normalized spacial score (nSPS) is 15.5. The fourth-order valence-corrected chi connectivity index (χ4v) is 3.33. The van der Waals surface area contributed by atoms with Gasteiger partial charge in [0.2, 0.25) is 0 Å². The van der Waals surface area contributed by atoms with Gasteiger partial charge in [0.05, 0.1) is 11.5 Å². The largest absolute Gasteiger partial charge is 0.508 e. The predicted octanol–water partition coefficient (Wildman–Crippen LogP) is 4.28. The van der Waals surface area contributed by atoms with Gasteiger partial charge in [0.25, 0.3) is 0 Å². The second-order valence-corrected chi connectivity index (χ2v) is 6.26. The monoisotopic (exact) mass is 310 g/mol. The molecule has 0 unspecified atom stereocenters. The topological polar surface area (TPSA) is 59.7 Å². The Kier molecular flexibility index (Phi) is 3.26. The molecule has 0 aliphatic heterocycles. The molecule has 1 fully saturated rings. The van der Waals surface area contributed by atoms with E-state index in [0.717, 1.165) is 29.2 Å². The van der Waals surface area contributed by atoms with E-state index in [1.807, 2.05) is 25.1 Å². The van der Waals surface area contributed by atoms with Gasteiger partial charge in [0.15, 0.2) is 0 Å². The minimum absolute atomic E-state index is 0.126. The highest BCUT2D eigenvalue weighted by Crippen LogP contribution is 2.31. The van der Waals surface area contributed by atoms with E-state index in [2.05, 4.69) is 0 Å².